The highest BCUT2D eigenvalue weighted by molar-refractivity contribution is 7.99. The number of nitrogens with zero attached hydrogens (tertiary/aromatic N) is 6. The molecule has 0 saturated carbocycles. The number of anilines is 1. The van der Waals surface area contributed by atoms with E-state index in [1.807, 2.05) is 0 Å². The lowest BCUT2D eigenvalue weighted by Crippen LogP contribution is -2.30. The summed E-state index contributed by atoms with van der Waals surface area (Å²) in [6, 6.07) is 5.54. The topological polar surface area (TPSA) is 119 Å². The average molecular weight is 470 g/mol. The third kappa shape index (κ3) is 5.41. The van der Waals surface area contributed by atoms with Gasteiger partial charge in [-0.15, -0.1) is 0 Å². The summed E-state index contributed by atoms with van der Waals surface area (Å²) in [5, 5.41) is 20.2. The molecule has 3 aromatic rings. The summed E-state index contributed by atoms with van der Waals surface area (Å²) < 4.78 is 1.80. The smallest absolute Gasteiger partial charge is 0.269 e. The lowest BCUT2D eigenvalue weighted by molar-refractivity contribution is -0.384. The molecule has 11 heteroatoms. The van der Waals surface area contributed by atoms with Crippen LogP contribution in [0.15, 0.2) is 35.6 Å². The Balaban J connectivity index is 1.50. The molecule has 0 bridgehead atoms. The number of non-ortho nitro benzene ring substituents is 1. The van der Waals surface area contributed by atoms with E-state index in [4.69, 9.17) is 9.97 Å². The molecular weight excluding hydrogens is 442 g/mol. The fourth-order valence-electron chi connectivity index (χ4n) is 3.81. The molecule has 1 fully saturated rings. The molecule has 1 N–H and O–H groups in total. The third-order valence-electron chi connectivity index (χ3n) is 5.40. The molecule has 33 heavy (non-hydrogen) atoms. The number of hydrogen-bond acceptors (Lipinski definition) is 8. The molecule has 0 unspecified atom stereocenters. The lowest BCUT2D eigenvalue weighted by atomic mass is 10.1. The molecule has 0 radical (unpaired) electrons. The van der Waals surface area contributed by atoms with Gasteiger partial charge in [0, 0.05) is 42.6 Å². The van der Waals surface area contributed by atoms with Crippen molar-refractivity contribution in [3.8, 4) is 0 Å². The maximum Gasteiger partial charge on any atom is 0.269 e. The van der Waals surface area contributed by atoms with Crippen molar-refractivity contribution in [2.24, 2.45) is 0 Å². The summed E-state index contributed by atoms with van der Waals surface area (Å²) in [6.45, 7) is 6.99. The largest absolute Gasteiger partial charge is 0.356 e. The first-order chi connectivity index (χ1) is 15.9. The van der Waals surface area contributed by atoms with Crippen molar-refractivity contribution < 1.29 is 9.72 Å². The number of benzene rings is 1. The first kappa shape index (κ1) is 23.0. The Labute approximate surface area is 195 Å². The maximum atomic E-state index is 12.4. The Kier molecular flexibility index (Phi) is 7.07. The molecule has 1 amide bonds. The van der Waals surface area contributed by atoms with Gasteiger partial charge < -0.3 is 10.2 Å². The summed E-state index contributed by atoms with van der Waals surface area (Å²) in [7, 11) is 0. The molecule has 1 aliphatic heterocycles. The zero-order valence-corrected chi connectivity index (χ0v) is 19.5. The SMILES string of the molecule is CC(C)Sc1nc(N2CCCCC2)c2cnn(CCNC(=O)c3ccc([N+](=O)[O-])cc3)c2n1. The fraction of sp³-hybridized carbons (Fsp3) is 0.455. The summed E-state index contributed by atoms with van der Waals surface area (Å²) in [5.41, 5.74) is 1.09. The van der Waals surface area contributed by atoms with E-state index in [-0.39, 0.29) is 11.6 Å². The van der Waals surface area contributed by atoms with Crippen LogP contribution in [-0.2, 0) is 6.54 Å². The molecular formula is C22H27N7O3S. The molecule has 1 saturated heterocycles. The number of rotatable bonds is 8. The molecule has 1 aliphatic rings. The van der Waals surface area contributed by atoms with Crippen LogP contribution < -0.4 is 10.2 Å². The minimum absolute atomic E-state index is 0.0474. The summed E-state index contributed by atoms with van der Waals surface area (Å²) in [5.74, 6) is 0.644. The molecule has 10 nitrogen and oxygen atoms in total. The van der Waals surface area contributed by atoms with Gasteiger partial charge in [-0.25, -0.2) is 14.6 Å². The van der Waals surface area contributed by atoms with Crippen LogP contribution in [-0.4, -0.2) is 55.5 Å². The number of nitro benzene ring substituents is 1. The first-order valence-corrected chi connectivity index (χ1v) is 12.0. The number of carbonyl (C=O) groups is 1. The van der Waals surface area contributed by atoms with E-state index in [0.717, 1.165) is 47.9 Å². The number of thioether (sulfide) groups is 1. The van der Waals surface area contributed by atoms with Crippen molar-refractivity contribution >= 4 is 40.2 Å². The van der Waals surface area contributed by atoms with E-state index in [1.54, 1.807) is 22.6 Å². The number of piperidine rings is 1. The normalized spacial score (nSPS) is 14.1. The monoisotopic (exact) mass is 469 g/mol. The van der Waals surface area contributed by atoms with Gasteiger partial charge in [0.1, 0.15) is 5.82 Å². The predicted octanol–water partition coefficient (Wildman–Crippen LogP) is 3.66. The molecule has 0 spiro atoms. The molecule has 0 atom stereocenters. The highest BCUT2D eigenvalue weighted by Crippen LogP contribution is 2.30. The molecule has 1 aromatic carbocycles. The second kappa shape index (κ2) is 10.2. The third-order valence-corrected chi connectivity index (χ3v) is 6.27. The Morgan fingerprint density at radius 3 is 2.58 bits per heavy atom. The zero-order chi connectivity index (χ0) is 23.4. The van der Waals surface area contributed by atoms with E-state index in [0.29, 0.717) is 23.9 Å². The Hall–Kier alpha value is -3.21. The van der Waals surface area contributed by atoms with Crippen molar-refractivity contribution in [3.63, 3.8) is 0 Å². The van der Waals surface area contributed by atoms with Crippen LogP contribution in [0.25, 0.3) is 11.0 Å². The highest BCUT2D eigenvalue weighted by atomic mass is 32.2. The van der Waals surface area contributed by atoms with Crippen LogP contribution in [0.3, 0.4) is 0 Å². The lowest BCUT2D eigenvalue weighted by Gasteiger charge is -2.28. The van der Waals surface area contributed by atoms with Crippen LogP contribution in [0.1, 0.15) is 43.5 Å². The minimum atomic E-state index is -0.490. The molecule has 174 valence electrons. The second-order valence-corrected chi connectivity index (χ2v) is 9.75. The van der Waals surface area contributed by atoms with E-state index >= 15 is 0 Å². The van der Waals surface area contributed by atoms with Gasteiger partial charge in [0.25, 0.3) is 11.6 Å². The minimum Gasteiger partial charge on any atom is -0.356 e. The van der Waals surface area contributed by atoms with Gasteiger partial charge in [-0.1, -0.05) is 25.6 Å². The van der Waals surface area contributed by atoms with Crippen LogP contribution in [0.4, 0.5) is 11.5 Å². The van der Waals surface area contributed by atoms with E-state index < -0.39 is 4.92 Å². The van der Waals surface area contributed by atoms with Crippen molar-refractivity contribution in [1.29, 1.82) is 0 Å². The first-order valence-electron chi connectivity index (χ1n) is 11.1. The van der Waals surface area contributed by atoms with Gasteiger partial charge in [0.15, 0.2) is 10.8 Å². The number of hydrogen-bond donors (Lipinski definition) is 1. The van der Waals surface area contributed by atoms with Crippen LogP contribution in [0.5, 0.6) is 0 Å². The van der Waals surface area contributed by atoms with Gasteiger partial charge in [-0.3, -0.25) is 14.9 Å². The molecule has 3 heterocycles. The van der Waals surface area contributed by atoms with Crippen LogP contribution in [0, 0.1) is 10.1 Å². The number of aromatic nitrogens is 4. The van der Waals surface area contributed by atoms with Gasteiger partial charge in [-0.05, 0) is 31.4 Å². The van der Waals surface area contributed by atoms with E-state index in [9.17, 15) is 14.9 Å². The average Bonchev–Trinajstić information content (AvgIpc) is 3.21. The molecule has 2 aromatic heterocycles. The van der Waals surface area contributed by atoms with E-state index in [2.05, 4.69) is 29.2 Å². The zero-order valence-electron chi connectivity index (χ0n) is 18.7. The Morgan fingerprint density at radius 1 is 1.18 bits per heavy atom. The number of carbonyl (C=O) groups excluding carboxylic acids is 1. The highest BCUT2D eigenvalue weighted by Gasteiger charge is 2.20. The second-order valence-electron chi connectivity index (χ2n) is 8.21. The quantitative estimate of drug-likeness (QED) is 0.230. The fourth-order valence-corrected chi connectivity index (χ4v) is 4.51. The van der Waals surface area contributed by atoms with Gasteiger partial charge >= 0.3 is 0 Å². The Morgan fingerprint density at radius 2 is 1.91 bits per heavy atom. The van der Waals surface area contributed by atoms with Gasteiger partial charge in [-0.2, -0.15) is 5.10 Å². The predicted molar refractivity (Wildman–Crippen MR) is 128 cm³/mol. The van der Waals surface area contributed by atoms with Crippen molar-refractivity contribution in [3.05, 3.63) is 46.1 Å². The van der Waals surface area contributed by atoms with Gasteiger partial charge in [0.2, 0.25) is 0 Å². The van der Waals surface area contributed by atoms with Gasteiger partial charge in [0.05, 0.1) is 23.1 Å². The number of amides is 1. The summed E-state index contributed by atoms with van der Waals surface area (Å²) >= 11 is 1.63. The summed E-state index contributed by atoms with van der Waals surface area (Å²) in [4.78, 5) is 34.6. The van der Waals surface area contributed by atoms with Crippen molar-refractivity contribution in [2.75, 3.05) is 24.5 Å². The summed E-state index contributed by atoms with van der Waals surface area (Å²) in [6.07, 6.45) is 5.36. The molecule has 4 rings (SSSR count). The van der Waals surface area contributed by atoms with Crippen molar-refractivity contribution in [1.82, 2.24) is 25.1 Å². The Bertz CT molecular complexity index is 1140. The number of nitrogens with one attached hydrogen (secondary N) is 1. The number of fused-ring (bicyclic) bond motifs is 1. The number of nitro groups is 1. The van der Waals surface area contributed by atoms with Crippen LogP contribution in [0.2, 0.25) is 0 Å². The van der Waals surface area contributed by atoms with Crippen LogP contribution >= 0.6 is 11.8 Å². The standard InChI is InChI=1S/C22H27N7O3S/c1-15(2)33-22-25-19(27-11-4-3-5-12-27)18-14-24-28(20(18)26-22)13-10-23-21(30)16-6-8-17(9-7-16)29(31)32/h6-9,14-15H,3-5,10-13H2,1-2H3,(H,23,30). The maximum absolute atomic E-state index is 12.4. The van der Waals surface area contributed by atoms with Crippen molar-refractivity contribution in [2.45, 2.75) is 50.1 Å². The molecule has 0 aliphatic carbocycles. The van der Waals surface area contributed by atoms with E-state index in [1.165, 1.54) is 30.7 Å².